The molecule has 170 valence electrons. The fraction of sp³-hybridized carbons (Fsp3) is 0.857. The summed E-state index contributed by atoms with van der Waals surface area (Å²) in [6.45, 7) is 11.8. The first kappa shape index (κ1) is 27.3. The van der Waals surface area contributed by atoms with Crippen LogP contribution in [0.15, 0.2) is 0 Å². The number of hydrogen-bond donors (Lipinski definition) is 4. The maximum atomic E-state index is 11.9. The highest BCUT2D eigenvalue weighted by molar-refractivity contribution is 5.76. The van der Waals surface area contributed by atoms with Gasteiger partial charge in [-0.25, -0.2) is 0 Å². The van der Waals surface area contributed by atoms with Gasteiger partial charge in [0, 0.05) is 58.5 Å². The van der Waals surface area contributed by atoms with Gasteiger partial charge in [-0.05, 0) is 38.8 Å². The van der Waals surface area contributed by atoms with Crippen molar-refractivity contribution < 1.29 is 14.4 Å². The quantitative estimate of drug-likeness (QED) is 0.237. The van der Waals surface area contributed by atoms with Gasteiger partial charge in [-0.2, -0.15) is 0 Å². The van der Waals surface area contributed by atoms with Gasteiger partial charge in [-0.15, -0.1) is 0 Å². The molecule has 0 aromatic heterocycles. The molecule has 0 aliphatic rings. The lowest BCUT2D eigenvalue weighted by atomic mass is 10.2. The molecule has 0 fully saturated rings. The summed E-state index contributed by atoms with van der Waals surface area (Å²) in [5.41, 5.74) is 0. The van der Waals surface area contributed by atoms with Gasteiger partial charge in [-0.3, -0.25) is 14.4 Å². The zero-order valence-corrected chi connectivity index (χ0v) is 18.8. The van der Waals surface area contributed by atoms with Crippen LogP contribution in [0.25, 0.3) is 0 Å². The fourth-order valence-electron chi connectivity index (χ4n) is 2.67. The van der Waals surface area contributed by atoms with Crippen molar-refractivity contribution >= 4 is 17.7 Å². The van der Waals surface area contributed by atoms with Gasteiger partial charge < -0.3 is 26.2 Å². The summed E-state index contributed by atoms with van der Waals surface area (Å²) in [7, 11) is 0. The molecule has 0 aromatic rings. The minimum absolute atomic E-state index is 0.0588. The molecule has 0 saturated heterocycles. The monoisotopic (exact) mass is 413 g/mol. The summed E-state index contributed by atoms with van der Waals surface area (Å²) in [6.07, 6.45) is 5.08. The van der Waals surface area contributed by atoms with Gasteiger partial charge in [0.2, 0.25) is 17.7 Å². The molecular weight excluding hydrogens is 370 g/mol. The molecule has 0 saturated carbocycles. The Bertz CT molecular complexity index is 422. The molecule has 0 unspecified atom stereocenters. The molecule has 0 atom stereocenters. The Hall–Kier alpha value is -1.67. The van der Waals surface area contributed by atoms with Crippen molar-refractivity contribution in [2.45, 2.75) is 65.7 Å². The fourth-order valence-corrected chi connectivity index (χ4v) is 2.67. The molecule has 0 aromatic carbocycles. The molecule has 0 rings (SSSR count). The van der Waals surface area contributed by atoms with Crippen LogP contribution >= 0.6 is 0 Å². The number of carbonyl (C=O) groups is 3. The number of carbonyl (C=O) groups excluding carboxylic acids is 3. The van der Waals surface area contributed by atoms with Crippen LogP contribution in [-0.4, -0.2) is 75.0 Å². The maximum absolute atomic E-state index is 11.9. The van der Waals surface area contributed by atoms with Gasteiger partial charge in [-0.1, -0.05) is 20.8 Å². The van der Waals surface area contributed by atoms with Crippen LogP contribution in [0.3, 0.4) is 0 Å². The maximum Gasteiger partial charge on any atom is 0.221 e. The summed E-state index contributed by atoms with van der Waals surface area (Å²) >= 11 is 0. The molecule has 0 radical (unpaired) electrons. The van der Waals surface area contributed by atoms with Crippen molar-refractivity contribution in [3.63, 3.8) is 0 Å². The molecule has 0 bridgehead atoms. The van der Waals surface area contributed by atoms with E-state index in [1.807, 2.05) is 20.8 Å². The SMILES string of the molecule is CCCNC(=O)CCNCCCN(CCC(=O)NCCC)CCC(=O)NCCC. The van der Waals surface area contributed by atoms with E-state index in [0.717, 1.165) is 45.3 Å². The van der Waals surface area contributed by atoms with E-state index < -0.39 is 0 Å². The van der Waals surface area contributed by atoms with Crippen LogP contribution in [0, 0.1) is 0 Å². The lowest BCUT2D eigenvalue weighted by Crippen LogP contribution is -2.36. The van der Waals surface area contributed by atoms with E-state index in [1.165, 1.54) is 0 Å². The molecule has 29 heavy (non-hydrogen) atoms. The molecule has 3 amide bonds. The molecule has 0 aliphatic carbocycles. The lowest BCUT2D eigenvalue weighted by molar-refractivity contribution is -0.122. The van der Waals surface area contributed by atoms with Crippen LogP contribution in [0.4, 0.5) is 0 Å². The molecule has 8 heteroatoms. The van der Waals surface area contributed by atoms with E-state index in [9.17, 15) is 14.4 Å². The number of nitrogens with zero attached hydrogens (tertiary/aromatic N) is 1. The Kier molecular flexibility index (Phi) is 18.5. The Balaban J connectivity index is 4.13. The predicted molar refractivity (Wildman–Crippen MR) is 118 cm³/mol. The smallest absolute Gasteiger partial charge is 0.221 e. The highest BCUT2D eigenvalue weighted by Crippen LogP contribution is 1.98. The zero-order valence-electron chi connectivity index (χ0n) is 18.8. The highest BCUT2D eigenvalue weighted by Gasteiger charge is 2.10. The van der Waals surface area contributed by atoms with Gasteiger partial charge in [0.25, 0.3) is 0 Å². The normalized spacial score (nSPS) is 10.8. The topological polar surface area (TPSA) is 103 Å². The Morgan fingerprint density at radius 3 is 1.48 bits per heavy atom. The minimum atomic E-state index is 0.0588. The van der Waals surface area contributed by atoms with Crippen molar-refractivity contribution in [1.29, 1.82) is 0 Å². The van der Waals surface area contributed by atoms with E-state index in [0.29, 0.717) is 52.0 Å². The third kappa shape index (κ3) is 18.1. The molecular formula is C21H43N5O3. The summed E-state index contributed by atoms with van der Waals surface area (Å²) in [5.74, 6) is 0.198. The predicted octanol–water partition coefficient (Wildman–Crippen LogP) is 1.02. The summed E-state index contributed by atoms with van der Waals surface area (Å²) in [6, 6.07) is 0. The number of nitrogens with one attached hydrogen (secondary N) is 4. The van der Waals surface area contributed by atoms with Crippen LogP contribution in [0.1, 0.15) is 65.7 Å². The summed E-state index contributed by atoms with van der Waals surface area (Å²) in [4.78, 5) is 37.5. The highest BCUT2D eigenvalue weighted by atomic mass is 16.2. The van der Waals surface area contributed by atoms with Gasteiger partial charge in [0.15, 0.2) is 0 Å². The molecule has 0 spiro atoms. The largest absolute Gasteiger partial charge is 0.356 e. The van der Waals surface area contributed by atoms with E-state index >= 15 is 0 Å². The van der Waals surface area contributed by atoms with Gasteiger partial charge in [0.05, 0.1) is 0 Å². The van der Waals surface area contributed by atoms with Crippen molar-refractivity contribution in [2.75, 3.05) is 52.4 Å². The van der Waals surface area contributed by atoms with E-state index in [4.69, 9.17) is 0 Å². The summed E-state index contributed by atoms with van der Waals surface area (Å²) in [5, 5.41) is 11.9. The van der Waals surface area contributed by atoms with Crippen molar-refractivity contribution in [3.8, 4) is 0 Å². The second-order valence-corrected chi connectivity index (χ2v) is 7.25. The van der Waals surface area contributed by atoms with Crippen molar-refractivity contribution in [1.82, 2.24) is 26.2 Å². The number of amides is 3. The third-order valence-corrected chi connectivity index (χ3v) is 4.38. The zero-order chi connectivity index (χ0) is 21.7. The molecule has 0 heterocycles. The third-order valence-electron chi connectivity index (χ3n) is 4.38. The van der Waals surface area contributed by atoms with Crippen LogP contribution < -0.4 is 21.3 Å². The Labute approximate surface area is 176 Å². The van der Waals surface area contributed by atoms with Gasteiger partial charge in [0.1, 0.15) is 0 Å². The Morgan fingerprint density at radius 2 is 1.03 bits per heavy atom. The Morgan fingerprint density at radius 1 is 0.586 bits per heavy atom. The number of rotatable bonds is 19. The molecule has 0 aliphatic heterocycles. The minimum Gasteiger partial charge on any atom is -0.356 e. The number of hydrogen-bond acceptors (Lipinski definition) is 5. The van der Waals surface area contributed by atoms with E-state index in [2.05, 4.69) is 26.2 Å². The average molecular weight is 414 g/mol. The van der Waals surface area contributed by atoms with Crippen LogP contribution in [0.2, 0.25) is 0 Å². The second kappa shape index (κ2) is 19.6. The second-order valence-electron chi connectivity index (χ2n) is 7.25. The van der Waals surface area contributed by atoms with Crippen LogP contribution in [0.5, 0.6) is 0 Å². The standard InChI is InChI=1S/C21H43N5O3/c1-4-11-23-19(27)8-15-22-14-7-16-26(17-9-20(28)24-12-5-2)18-10-21(29)25-13-6-3/h22H,4-18H2,1-3H3,(H,23,27)(H,24,28)(H,25,29). The molecule has 8 nitrogen and oxygen atoms in total. The summed E-state index contributed by atoms with van der Waals surface area (Å²) < 4.78 is 0. The first-order chi connectivity index (χ1) is 14.0. The first-order valence-electron chi connectivity index (χ1n) is 11.3. The van der Waals surface area contributed by atoms with E-state index in [-0.39, 0.29) is 17.7 Å². The van der Waals surface area contributed by atoms with Gasteiger partial charge >= 0.3 is 0 Å². The van der Waals surface area contributed by atoms with Crippen molar-refractivity contribution in [2.24, 2.45) is 0 Å². The lowest BCUT2D eigenvalue weighted by Gasteiger charge is -2.22. The first-order valence-corrected chi connectivity index (χ1v) is 11.3. The average Bonchev–Trinajstić information content (AvgIpc) is 2.72. The van der Waals surface area contributed by atoms with Crippen LogP contribution in [-0.2, 0) is 14.4 Å². The van der Waals surface area contributed by atoms with E-state index in [1.54, 1.807) is 0 Å². The molecule has 4 N–H and O–H groups in total. The van der Waals surface area contributed by atoms with Crippen molar-refractivity contribution in [3.05, 3.63) is 0 Å².